The summed E-state index contributed by atoms with van der Waals surface area (Å²) in [5, 5.41) is 3.17. The summed E-state index contributed by atoms with van der Waals surface area (Å²) in [6.45, 7) is 6.38. The molecule has 2 heteroatoms. The predicted molar refractivity (Wildman–Crippen MR) is 75.1 cm³/mol. The van der Waals surface area contributed by atoms with Gasteiger partial charge < -0.3 is 5.32 Å². The average Bonchev–Trinajstić information content (AvgIpc) is 2.41. The molecule has 0 spiro atoms. The zero-order valence-electron chi connectivity index (χ0n) is 10.4. The number of halogens is 1. The van der Waals surface area contributed by atoms with Gasteiger partial charge in [-0.25, -0.2) is 4.39 Å². The molecule has 1 N–H and O–H groups in total. The van der Waals surface area contributed by atoms with Crippen LogP contribution in [0.4, 0.5) is 10.1 Å². The van der Waals surface area contributed by atoms with Gasteiger partial charge in [0, 0.05) is 12.2 Å². The molecule has 0 atom stereocenters. The van der Waals surface area contributed by atoms with E-state index in [9.17, 15) is 4.39 Å². The molecule has 0 unspecified atom stereocenters. The van der Waals surface area contributed by atoms with Gasteiger partial charge in [0.15, 0.2) is 0 Å². The number of anilines is 1. The Morgan fingerprint density at radius 1 is 1.17 bits per heavy atom. The van der Waals surface area contributed by atoms with Crippen molar-refractivity contribution in [2.24, 2.45) is 0 Å². The van der Waals surface area contributed by atoms with Crippen molar-refractivity contribution in [3.05, 3.63) is 72.1 Å². The van der Waals surface area contributed by atoms with Crippen LogP contribution in [-0.4, -0.2) is 6.54 Å². The van der Waals surface area contributed by atoms with Crippen molar-refractivity contribution in [3.8, 4) is 0 Å². The van der Waals surface area contributed by atoms with Gasteiger partial charge >= 0.3 is 0 Å². The van der Waals surface area contributed by atoms with Crippen LogP contribution in [0.5, 0.6) is 0 Å². The van der Waals surface area contributed by atoms with Gasteiger partial charge in [0.25, 0.3) is 0 Å². The van der Waals surface area contributed by atoms with E-state index in [1.807, 2.05) is 36.4 Å². The quantitative estimate of drug-likeness (QED) is 0.843. The molecule has 0 aromatic heterocycles. The molecule has 2 rings (SSSR count). The van der Waals surface area contributed by atoms with Gasteiger partial charge in [-0.2, -0.15) is 0 Å². The molecular weight excluding hydrogens is 225 g/mol. The maximum absolute atomic E-state index is 13.4. The molecule has 0 aliphatic rings. The van der Waals surface area contributed by atoms with E-state index in [0.29, 0.717) is 12.1 Å². The van der Waals surface area contributed by atoms with Crippen LogP contribution in [0.1, 0.15) is 11.1 Å². The molecule has 2 aromatic rings. The molecule has 0 bridgehead atoms. The third-order valence-electron chi connectivity index (χ3n) is 2.86. The predicted octanol–water partition coefficient (Wildman–Crippen LogP) is 4.26. The number of benzene rings is 2. The fourth-order valence-corrected chi connectivity index (χ4v) is 1.69. The molecule has 2 aromatic carbocycles. The summed E-state index contributed by atoms with van der Waals surface area (Å²) >= 11 is 0. The van der Waals surface area contributed by atoms with Crippen LogP contribution in [-0.2, 0) is 0 Å². The molecule has 0 saturated carbocycles. The number of hydrogen-bond donors (Lipinski definition) is 1. The van der Waals surface area contributed by atoms with Gasteiger partial charge in [-0.15, -0.1) is 0 Å². The smallest absolute Gasteiger partial charge is 0.128 e. The highest BCUT2D eigenvalue weighted by molar-refractivity contribution is 5.67. The minimum absolute atomic E-state index is 0.190. The number of aryl methyl sites for hydroxylation is 1. The maximum Gasteiger partial charge on any atom is 0.128 e. The summed E-state index contributed by atoms with van der Waals surface area (Å²) in [5.74, 6) is -0.190. The van der Waals surface area contributed by atoms with E-state index in [-0.39, 0.29) is 5.82 Å². The molecule has 0 fully saturated rings. The Balaban J connectivity index is 1.99. The lowest BCUT2D eigenvalue weighted by Crippen LogP contribution is -2.03. The van der Waals surface area contributed by atoms with E-state index in [0.717, 1.165) is 16.8 Å². The molecule has 0 saturated heterocycles. The fourth-order valence-electron chi connectivity index (χ4n) is 1.69. The van der Waals surface area contributed by atoms with Crippen LogP contribution in [0, 0.1) is 12.7 Å². The summed E-state index contributed by atoms with van der Waals surface area (Å²) in [7, 11) is 0. The Morgan fingerprint density at radius 2 is 1.89 bits per heavy atom. The topological polar surface area (TPSA) is 12.0 Å². The van der Waals surface area contributed by atoms with Crippen molar-refractivity contribution in [2.75, 3.05) is 11.9 Å². The van der Waals surface area contributed by atoms with E-state index in [2.05, 4.69) is 11.9 Å². The third-order valence-corrected chi connectivity index (χ3v) is 2.86. The Kier molecular flexibility index (Phi) is 3.78. The second-order valence-electron chi connectivity index (χ2n) is 4.29. The van der Waals surface area contributed by atoms with Gasteiger partial charge in [-0.3, -0.25) is 0 Å². The SMILES string of the molecule is C=C(CNc1ccc(C)c(F)c1)c1ccccc1. The van der Waals surface area contributed by atoms with E-state index >= 15 is 0 Å². The van der Waals surface area contributed by atoms with Crippen LogP contribution in [0.25, 0.3) is 5.57 Å². The van der Waals surface area contributed by atoms with E-state index < -0.39 is 0 Å². The lowest BCUT2D eigenvalue weighted by Gasteiger charge is -2.10. The standard InChI is InChI=1S/C16H16FN/c1-12-8-9-15(10-16(12)17)18-11-13(2)14-6-4-3-5-7-14/h3-10,18H,2,11H2,1H3. The Morgan fingerprint density at radius 3 is 2.56 bits per heavy atom. The molecule has 92 valence electrons. The Labute approximate surface area is 107 Å². The van der Waals surface area contributed by atoms with E-state index in [4.69, 9.17) is 0 Å². The Hall–Kier alpha value is -2.09. The minimum Gasteiger partial charge on any atom is -0.381 e. The Bertz CT molecular complexity index is 546. The molecular formula is C16H16FN. The minimum atomic E-state index is -0.190. The average molecular weight is 241 g/mol. The normalized spacial score (nSPS) is 10.1. The van der Waals surface area contributed by atoms with E-state index in [1.165, 1.54) is 6.07 Å². The van der Waals surface area contributed by atoms with Gasteiger partial charge in [-0.1, -0.05) is 43.0 Å². The molecule has 0 aliphatic carbocycles. The van der Waals surface area contributed by atoms with Crippen LogP contribution in [0.3, 0.4) is 0 Å². The monoisotopic (exact) mass is 241 g/mol. The van der Waals surface area contributed by atoms with Gasteiger partial charge in [0.2, 0.25) is 0 Å². The zero-order valence-corrected chi connectivity index (χ0v) is 10.4. The van der Waals surface area contributed by atoms with Gasteiger partial charge in [-0.05, 0) is 35.8 Å². The lowest BCUT2D eigenvalue weighted by atomic mass is 10.1. The van der Waals surface area contributed by atoms with Crippen molar-refractivity contribution in [2.45, 2.75) is 6.92 Å². The molecule has 0 heterocycles. The maximum atomic E-state index is 13.4. The summed E-state index contributed by atoms with van der Waals surface area (Å²) in [6.07, 6.45) is 0. The first-order chi connectivity index (χ1) is 8.66. The second kappa shape index (κ2) is 5.50. The first-order valence-electron chi connectivity index (χ1n) is 5.90. The second-order valence-corrected chi connectivity index (χ2v) is 4.29. The fraction of sp³-hybridized carbons (Fsp3) is 0.125. The van der Waals surface area contributed by atoms with Crippen molar-refractivity contribution < 1.29 is 4.39 Å². The highest BCUT2D eigenvalue weighted by atomic mass is 19.1. The van der Waals surface area contributed by atoms with Crippen LogP contribution >= 0.6 is 0 Å². The van der Waals surface area contributed by atoms with Crippen LogP contribution < -0.4 is 5.32 Å². The number of hydrogen-bond acceptors (Lipinski definition) is 1. The lowest BCUT2D eigenvalue weighted by molar-refractivity contribution is 0.619. The first-order valence-corrected chi connectivity index (χ1v) is 5.90. The van der Waals surface area contributed by atoms with Crippen molar-refractivity contribution >= 4 is 11.3 Å². The third kappa shape index (κ3) is 2.98. The highest BCUT2D eigenvalue weighted by Gasteiger charge is 2.01. The molecule has 0 aliphatic heterocycles. The summed E-state index contributed by atoms with van der Waals surface area (Å²) in [4.78, 5) is 0. The van der Waals surface area contributed by atoms with Crippen molar-refractivity contribution in [3.63, 3.8) is 0 Å². The molecule has 0 amide bonds. The van der Waals surface area contributed by atoms with E-state index in [1.54, 1.807) is 13.0 Å². The zero-order chi connectivity index (χ0) is 13.0. The number of nitrogens with one attached hydrogen (secondary N) is 1. The van der Waals surface area contributed by atoms with Crippen LogP contribution in [0.2, 0.25) is 0 Å². The van der Waals surface area contributed by atoms with Gasteiger partial charge in [0.1, 0.15) is 5.82 Å². The highest BCUT2D eigenvalue weighted by Crippen LogP contribution is 2.16. The molecule has 18 heavy (non-hydrogen) atoms. The summed E-state index contributed by atoms with van der Waals surface area (Å²) in [6, 6.07) is 15.1. The van der Waals surface area contributed by atoms with Crippen molar-refractivity contribution in [1.29, 1.82) is 0 Å². The largest absolute Gasteiger partial charge is 0.381 e. The first kappa shape index (κ1) is 12.4. The molecule has 1 nitrogen and oxygen atoms in total. The van der Waals surface area contributed by atoms with Crippen LogP contribution in [0.15, 0.2) is 55.1 Å². The summed E-state index contributed by atoms with van der Waals surface area (Å²) < 4.78 is 13.4. The molecule has 0 radical (unpaired) electrons. The van der Waals surface area contributed by atoms with Crippen molar-refractivity contribution in [1.82, 2.24) is 0 Å². The number of rotatable bonds is 4. The summed E-state index contributed by atoms with van der Waals surface area (Å²) in [5.41, 5.74) is 3.51. The van der Waals surface area contributed by atoms with Gasteiger partial charge in [0.05, 0.1) is 0 Å².